The average Bonchev–Trinajstić information content (AvgIpc) is 2.80. The summed E-state index contributed by atoms with van der Waals surface area (Å²) in [7, 11) is 0. The maximum absolute atomic E-state index is 5.43. The number of aryl methyl sites for hydroxylation is 1. The molecule has 0 aliphatic heterocycles. The van der Waals surface area contributed by atoms with Crippen LogP contribution in [0.3, 0.4) is 0 Å². The Morgan fingerprint density at radius 2 is 2.06 bits per heavy atom. The van der Waals surface area contributed by atoms with Crippen LogP contribution in [0.15, 0.2) is 23.8 Å². The first-order chi connectivity index (χ1) is 8.79. The monoisotopic (exact) mass is 263 g/mol. The number of anilines is 2. The number of nitrogens with zero attached hydrogens (tertiary/aromatic N) is 2. The fourth-order valence-corrected chi connectivity index (χ4v) is 2.35. The smallest absolute Gasteiger partial charge is 0.131 e. The lowest BCUT2D eigenvalue weighted by molar-refractivity contribution is 1.00. The van der Waals surface area contributed by atoms with Crippen molar-refractivity contribution in [2.75, 3.05) is 23.7 Å². The molecule has 5 nitrogen and oxygen atoms in total. The van der Waals surface area contributed by atoms with Crippen LogP contribution in [-0.2, 0) is 6.54 Å². The van der Waals surface area contributed by atoms with Crippen molar-refractivity contribution >= 4 is 23.0 Å². The molecule has 0 aliphatic rings. The van der Waals surface area contributed by atoms with Gasteiger partial charge in [0.25, 0.3) is 0 Å². The van der Waals surface area contributed by atoms with E-state index in [0.717, 1.165) is 18.2 Å². The van der Waals surface area contributed by atoms with E-state index in [1.807, 2.05) is 6.07 Å². The Bertz CT molecular complexity index is 497. The first kappa shape index (κ1) is 12.8. The van der Waals surface area contributed by atoms with Gasteiger partial charge in [-0.15, -0.1) is 11.3 Å². The highest BCUT2D eigenvalue weighted by atomic mass is 32.1. The van der Waals surface area contributed by atoms with E-state index in [-0.39, 0.29) is 0 Å². The normalized spacial score (nSPS) is 10.3. The molecule has 0 atom stereocenters. The van der Waals surface area contributed by atoms with Crippen molar-refractivity contribution in [3.8, 4) is 0 Å². The SMILES string of the molecule is Cc1ccsc1CNc1cc(NCCN)ncn1. The molecule has 4 N–H and O–H groups in total. The predicted molar refractivity (Wildman–Crippen MR) is 76.0 cm³/mol. The first-order valence-corrected chi connectivity index (χ1v) is 6.70. The van der Waals surface area contributed by atoms with Crippen LogP contribution >= 0.6 is 11.3 Å². The van der Waals surface area contributed by atoms with Crippen molar-refractivity contribution in [2.24, 2.45) is 5.73 Å². The topological polar surface area (TPSA) is 75.9 Å². The predicted octanol–water partition coefficient (Wildman–Crippen LogP) is 1.83. The van der Waals surface area contributed by atoms with Gasteiger partial charge in [0.1, 0.15) is 18.0 Å². The number of thiophene rings is 1. The molecule has 0 bridgehead atoms. The van der Waals surface area contributed by atoms with Crippen molar-refractivity contribution in [1.82, 2.24) is 9.97 Å². The second-order valence-corrected chi connectivity index (χ2v) is 4.88. The Labute approximate surface area is 110 Å². The minimum atomic E-state index is 0.584. The maximum atomic E-state index is 5.43. The molecule has 2 aromatic heterocycles. The van der Waals surface area contributed by atoms with E-state index in [0.29, 0.717) is 13.1 Å². The first-order valence-electron chi connectivity index (χ1n) is 5.82. The zero-order valence-corrected chi connectivity index (χ0v) is 11.1. The van der Waals surface area contributed by atoms with Crippen molar-refractivity contribution < 1.29 is 0 Å². The third-order valence-electron chi connectivity index (χ3n) is 2.52. The molecule has 18 heavy (non-hydrogen) atoms. The van der Waals surface area contributed by atoms with E-state index in [4.69, 9.17) is 5.73 Å². The molecule has 0 aliphatic carbocycles. The van der Waals surface area contributed by atoms with Gasteiger partial charge in [-0.1, -0.05) is 0 Å². The third-order valence-corrected chi connectivity index (χ3v) is 3.54. The summed E-state index contributed by atoms with van der Waals surface area (Å²) in [5, 5.41) is 8.52. The van der Waals surface area contributed by atoms with Crippen LogP contribution in [0.1, 0.15) is 10.4 Å². The molecule has 0 fully saturated rings. The van der Waals surface area contributed by atoms with Gasteiger partial charge < -0.3 is 16.4 Å². The third kappa shape index (κ3) is 3.41. The van der Waals surface area contributed by atoms with E-state index in [1.54, 1.807) is 17.7 Å². The Hall–Kier alpha value is -1.66. The summed E-state index contributed by atoms with van der Waals surface area (Å²) in [6, 6.07) is 4.01. The highest BCUT2D eigenvalue weighted by Crippen LogP contribution is 2.17. The van der Waals surface area contributed by atoms with E-state index in [2.05, 4.69) is 39.0 Å². The standard InChI is InChI=1S/C12H17N5S/c1-9-2-5-18-10(9)7-15-12-6-11(14-4-3-13)16-8-17-12/h2,5-6,8H,3-4,7,13H2,1H3,(H2,14,15,16,17). The summed E-state index contributed by atoms with van der Waals surface area (Å²) < 4.78 is 0. The lowest BCUT2D eigenvalue weighted by Crippen LogP contribution is -2.14. The molecule has 0 saturated carbocycles. The largest absolute Gasteiger partial charge is 0.369 e. The molecule has 2 heterocycles. The fourth-order valence-electron chi connectivity index (χ4n) is 1.51. The Kier molecular flexibility index (Phi) is 4.49. The van der Waals surface area contributed by atoms with Crippen LogP contribution in [-0.4, -0.2) is 23.1 Å². The van der Waals surface area contributed by atoms with Crippen molar-refractivity contribution in [3.05, 3.63) is 34.3 Å². The lowest BCUT2D eigenvalue weighted by atomic mass is 10.3. The second kappa shape index (κ2) is 6.32. The molecule has 6 heteroatoms. The van der Waals surface area contributed by atoms with E-state index in [9.17, 15) is 0 Å². The molecule has 2 rings (SSSR count). The zero-order valence-electron chi connectivity index (χ0n) is 10.3. The summed E-state index contributed by atoms with van der Waals surface area (Å²) in [6.07, 6.45) is 1.54. The van der Waals surface area contributed by atoms with Gasteiger partial charge in [-0.25, -0.2) is 9.97 Å². The van der Waals surface area contributed by atoms with Crippen LogP contribution in [0.2, 0.25) is 0 Å². The molecule has 0 unspecified atom stereocenters. The van der Waals surface area contributed by atoms with Crippen molar-refractivity contribution in [3.63, 3.8) is 0 Å². The van der Waals surface area contributed by atoms with Gasteiger partial charge in [0.15, 0.2) is 0 Å². The van der Waals surface area contributed by atoms with Gasteiger partial charge in [-0.05, 0) is 23.9 Å². The Morgan fingerprint density at radius 3 is 2.72 bits per heavy atom. The number of nitrogens with two attached hydrogens (primary N) is 1. The molecule has 2 aromatic rings. The van der Waals surface area contributed by atoms with Crippen LogP contribution in [0, 0.1) is 6.92 Å². The highest BCUT2D eigenvalue weighted by molar-refractivity contribution is 7.10. The van der Waals surface area contributed by atoms with Gasteiger partial charge in [0, 0.05) is 24.0 Å². The summed E-state index contributed by atoms with van der Waals surface area (Å²) >= 11 is 1.75. The molecular formula is C12H17N5S. The van der Waals surface area contributed by atoms with Gasteiger partial charge in [-0.3, -0.25) is 0 Å². The van der Waals surface area contributed by atoms with Gasteiger partial charge in [-0.2, -0.15) is 0 Å². The van der Waals surface area contributed by atoms with Crippen LogP contribution in [0.25, 0.3) is 0 Å². The van der Waals surface area contributed by atoms with Crippen LogP contribution in [0.4, 0.5) is 11.6 Å². The molecule has 0 radical (unpaired) electrons. The van der Waals surface area contributed by atoms with E-state index in [1.165, 1.54) is 10.4 Å². The van der Waals surface area contributed by atoms with Crippen LogP contribution in [0.5, 0.6) is 0 Å². The lowest BCUT2D eigenvalue weighted by Gasteiger charge is -2.07. The van der Waals surface area contributed by atoms with Gasteiger partial charge in [0.05, 0.1) is 6.54 Å². The maximum Gasteiger partial charge on any atom is 0.131 e. The second-order valence-electron chi connectivity index (χ2n) is 3.88. The summed E-state index contributed by atoms with van der Waals surface area (Å²) in [5.41, 5.74) is 6.74. The molecule has 0 spiro atoms. The summed E-state index contributed by atoms with van der Waals surface area (Å²) in [4.78, 5) is 9.64. The van der Waals surface area contributed by atoms with Crippen molar-refractivity contribution in [1.29, 1.82) is 0 Å². The molecule has 0 amide bonds. The Balaban J connectivity index is 1.95. The minimum absolute atomic E-state index is 0.584. The molecular weight excluding hydrogens is 246 g/mol. The summed E-state index contributed by atoms with van der Waals surface area (Å²) in [6.45, 7) is 4.19. The number of rotatable bonds is 6. The molecule has 96 valence electrons. The number of nitrogens with one attached hydrogen (secondary N) is 2. The zero-order chi connectivity index (χ0) is 12.8. The summed E-state index contributed by atoms with van der Waals surface area (Å²) in [5.74, 6) is 1.61. The van der Waals surface area contributed by atoms with E-state index >= 15 is 0 Å². The fraction of sp³-hybridized carbons (Fsp3) is 0.333. The minimum Gasteiger partial charge on any atom is -0.369 e. The number of hydrogen-bond acceptors (Lipinski definition) is 6. The Morgan fingerprint density at radius 1 is 1.28 bits per heavy atom. The molecule has 0 saturated heterocycles. The molecule has 0 aromatic carbocycles. The van der Waals surface area contributed by atoms with E-state index < -0.39 is 0 Å². The van der Waals surface area contributed by atoms with Crippen molar-refractivity contribution in [2.45, 2.75) is 13.5 Å². The van der Waals surface area contributed by atoms with Crippen LogP contribution < -0.4 is 16.4 Å². The van der Waals surface area contributed by atoms with Gasteiger partial charge >= 0.3 is 0 Å². The number of aromatic nitrogens is 2. The average molecular weight is 263 g/mol. The quantitative estimate of drug-likeness (QED) is 0.741. The number of hydrogen-bond donors (Lipinski definition) is 3. The highest BCUT2D eigenvalue weighted by Gasteiger charge is 2.01. The van der Waals surface area contributed by atoms with Gasteiger partial charge in [0.2, 0.25) is 0 Å².